The van der Waals surface area contributed by atoms with Crippen molar-refractivity contribution in [1.82, 2.24) is 0 Å². The molecule has 2 aliphatic heterocycles. The molecule has 80 heavy (non-hydrogen) atoms. The van der Waals surface area contributed by atoms with Crippen molar-refractivity contribution in [1.29, 1.82) is 0 Å². The van der Waals surface area contributed by atoms with Crippen LogP contribution in [0.2, 0.25) is 0 Å². The zero-order valence-corrected chi connectivity index (χ0v) is 44.1. The summed E-state index contributed by atoms with van der Waals surface area (Å²) in [7, 11) is -25.4. The van der Waals surface area contributed by atoms with Gasteiger partial charge < -0.3 is 165 Å². The summed E-state index contributed by atoms with van der Waals surface area (Å²) in [6, 6.07) is 0. The Morgan fingerprint density at radius 3 is 1.11 bits per heavy atom. The van der Waals surface area contributed by atoms with Gasteiger partial charge in [-0.2, -0.15) is 0 Å². The predicted molar refractivity (Wildman–Crippen MR) is 236 cm³/mol. The molecule has 50 heteroatoms. The second kappa shape index (κ2) is 35.9. The standard InChI is InChI=1S/C12H24O18P2.3C6H13O9P/c13-1-4(15)7(17)10(20)11(21)12(22)30-32(26,27)29-6(2-14)9(19)8(18)5(16)3-28-31(23,24)25;2*7-1-2-3(8)4(9)5(10)6(14-2)15-16(11,12)13;7-1-3(8)5(10)6(11)4(9)2-15-16(12,13)14/h2,4-11,13,15-21H,1,3H2,(H,26,27)(H2,23,24,25);2*2-10H,1H2,(H2,11,12,13);1,3-6,8-11H,2H2,(H2,12,13,14)/t4-,5-,6-,7-,8-,9-,10+,11+;2-,3+,4+,5-,6-;2-,3-,4+,5-,6-;3-,4+,5+,6+/m1110/s1. The average molecular weight is 1300 g/mol. The van der Waals surface area contributed by atoms with Gasteiger partial charge >= 0.3 is 45.1 Å². The van der Waals surface area contributed by atoms with Crippen molar-refractivity contribution in [2.75, 3.05) is 33.0 Å². The summed E-state index contributed by atoms with van der Waals surface area (Å²) in [5.41, 5.74) is 0. The monoisotopic (exact) mass is 1300 g/mol. The smallest absolute Gasteiger partial charge is 0.394 e. The molecule has 2 rings (SSSR count). The van der Waals surface area contributed by atoms with Crippen LogP contribution in [0.15, 0.2) is 0 Å². The molecule has 2 fully saturated rings. The second-order valence-electron chi connectivity index (χ2n) is 15.6. The van der Waals surface area contributed by atoms with Crippen LogP contribution in [0.3, 0.4) is 0 Å². The van der Waals surface area contributed by atoms with E-state index in [0.29, 0.717) is 0 Å². The lowest BCUT2D eigenvalue weighted by Crippen LogP contribution is -2.58. The third kappa shape index (κ3) is 30.0. The Morgan fingerprint density at radius 1 is 0.463 bits per heavy atom. The second-order valence-corrected chi connectivity index (χ2v) is 21.8. The molecule has 0 saturated carbocycles. The van der Waals surface area contributed by atoms with Gasteiger partial charge in [-0.25, -0.2) is 27.6 Å². The van der Waals surface area contributed by atoms with E-state index in [1.165, 1.54) is 0 Å². The van der Waals surface area contributed by atoms with Crippen molar-refractivity contribution < 1.29 is 220 Å². The topological polar surface area (TPSA) is 797 Å². The van der Waals surface area contributed by atoms with E-state index in [-0.39, 0.29) is 6.29 Å². The fraction of sp³-hybridized carbons (Fsp3) is 0.900. The van der Waals surface area contributed by atoms with Crippen LogP contribution in [0.1, 0.15) is 0 Å². The number of phosphoric acid groups is 5. The Bertz CT molecular complexity index is 1990. The van der Waals surface area contributed by atoms with E-state index in [9.17, 15) is 103 Å². The minimum Gasteiger partial charge on any atom is -0.394 e. The first-order valence-electron chi connectivity index (χ1n) is 20.9. The Kier molecular flexibility index (Phi) is 36.1. The summed E-state index contributed by atoms with van der Waals surface area (Å²) in [5, 5.41) is 184. The quantitative estimate of drug-likeness (QED) is 0.0255. The van der Waals surface area contributed by atoms with Crippen molar-refractivity contribution in [2.45, 2.75) is 135 Å². The number of aliphatic hydroxyl groups is 20. The Morgan fingerprint density at radius 2 is 0.812 bits per heavy atom. The highest BCUT2D eigenvalue weighted by Gasteiger charge is 2.48. The largest absolute Gasteiger partial charge is 0.530 e. The van der Waals surface area contributed by atoms with Crippen LogP contribution in [0.4, 0.5) is 0 Å². The number of aldehydes is 2. The van der Waals surface area contributed by atoms with Gasteiger partial charge in [-0.3, -0.25) is 27.5 Å². The van der Waals surface area contributed by atoms with E-state index in [1.54, 1.807) is 0 Å². The molecule has 2 heterocycles. The van der Waals surface area contributed by atoms with Crippen molar-refractivity contribution in [3.05, 3.63) is 0 Å². The van der Waals surface area contributed by atoms with Crippen molar-refractivity contribution in [3.63, 3.8) is 0 Å². The molecule has 1 unspecified atom stereocenters. The molecule has 29 N–H and O–H groups in total. The van der Waals surface area contributed by atoms with Crippen molar-refractivity contribution in [3.8, 4) is 0 Å². The van der Waals surface area contributed by atoms with Gasteiger partial charge in [0.15, 0.2) is 37.4 Å². The number of hydrogen-bond donors (Lipinski definition) is 29. The van der Waals surface area contributed by atoms with Gasteiger partial charge in [-0.1, -0.05) is 0 Å². The van der Waals surface area contributed by atoms with Gasteiger partial charge in [-0.05, 0) is 0 Å². The van der Waals surface area contributed by atoms with Crippen LogP contribution in [0.25, 0.3) is 0 Å². The molecule has 0 aromatic rings. The molecule has 478 valence electrons. The van der Waals surface area contributed by atoms with E-state index >= 15 is 0 Å². The Labute approximate surface area is 445 Å². The van der Waals surface area contributed by atoms with Gasteiger partial charge in [0.05, 0.1) is 33.0 Å². The molecule has 23 atom stereocenters. The Balaban J connectivity index is 0. The lowest BCUT2D eigenvalue weighted by Gasteiger charge is -2.39. The maximum absolute atomic E-state index is 11.8. The fourth-order valence-electron chi connectivity index (χ4n) is 5.23. The maximum atomic E-state index is 11.8. The summed E-state index contributed by atoms with van der Waals surface area (Å²) in [6.45, 7) is -4.73. The summed E-state index contributed by atoms with van der Waals surface area (Å²) in [5.74, 6) is -2.12. The summed E-state index contributed by atoms with van der Waals surface area (Å²) in [4.78, 5) is 110. The number of ether oxygens (including phenoxy) is 2. The van der Waals surface area contributed by atoms with Gasteiger partial charge in [0, 0.05) is 0 Å². The molecule has 2 aliphatic rings. The molecular weight excluding hydrogens is 1240 g/mol. The lowest BCUT2D eigenvalue weighted by molar-refractivity contribution is -0.280. The molecule has 0 aliphatic carbocycles. The molecule has 0 bridgehead atoms. The van der Waals surface area contributed by atoms with Gasteiger partial charge in [0.1, 0.15) is 110 Å². The zero-order chi connectivity index (χ0) is 63.4. The van der Waals surface area contributed by atoms with E-state index in [4.69, 9.17) is 80.0 Å². The molecule has 45 nitrogen and oxygen atoms in total. The van der Waals surface area contributed by atoms with Crippen LogP contribution < -0.4 is 0 Å². The van der Waals surface area contributed by atoms with E-state index in [1.807, 2.05) is 0 Å². The molecule has 0 spiro atoms. The minimum absolute atomic E-state index is 0.0650. The van der Waals surface area contributed by atoms with E-state index in [0.717, 1.165) is 0 Å². The van der Waals surface area contributed by atoms with Gasteiger partial charge in [0.25, 0.3) is 0 Å². The van der Waals surface area contributed by atoms with E-state index in [2.05, 4.69) is 36.6 Å². The molecular formula is C30H63O45P5. The number of hydrogen-bond acceptors (Lipinski definition) is 36. The van der Waals surface area contributed by atoms with Crippen LogP contribution in [-0.2, 0) is 73.8 Å². The van der Waals surface area contributed by atoms with E-state index < -0.39 is 219 Å². The highest BCUT2D eigenvalue weighted by molar-refractivity contribution is 7.48. The third-order valence-corrected chi connectivity index (χ3v) is 12.3. The Hall–Kier alpha value is -1.48. The van der Waals surface area contributed by atoms with Crippen LogP contribution in [-0.4, -0.2) is 332 Å². The summed E-state index contributed by atoms with van der Waals surface area (Å²) in [6.07, 6.45) is -44.1. The lowest BCUT2D eigenvalue weighted by atomic mass is 10.00. The minimum atomic E-state index is -5.70. The number of phosphoric ester groups is 5. The fourth-order valence-corrected chi connectivity index (χ4v) is 7.67. The molecule has 2 saturated heterocycles. The zero-order valence-electron chi connectivity index (χ0n) is 39.6. The molecule has 0 radical (unpaired) electrons. The first-order valence-corrected chi connectivity index (χ1v) is 28.5. The van der Waals surface area contributed by atoms with Crippen LogP contribution >= 0.6 is 39.1 Å². The molecule has 0 aromatic heterocycles. The number of aliphatic hydroxyl groups excluding tert-OH is 20. The van der Waals surface area contributed by atoms with Crippen LogP contribution in [0, 0.1) is 0 Å². The van der Waals surface area contributed by atoms with Gasteiger partial charge in [-0.15, -0.1) is 0 Å². The summed E-state index contributed by atoms with van der Waals surface area (Å²) >= 11 is 0. The SMILES string of the molecule is O=C[C@@H](OP(=O)(O)OC(=O)[C@@H](O)[C@@H](O)[C@H](O)[C@H](O)CO)[C@@H](O)[C@H](O)[C@H](O)COP(=O)(O)O.O=C[C@H](O)[C@@H](O)[C@H](O)[C@H](O)COP(=O)(O)O.O=P(O)(O)O[C@H]1O[C@H](CO)[C@@H](O)[C@H](O)[C@H]1O.O=P(O)(O)O[C@H]1O[C@H](CO)[C@H](O)[C@H](O)[C@H]1O. The summed E-state index contributed by atoms with van der Waals surface area (Å²) < 4.78 is 86.8. The predicted octanol–water partition coefficient (Wildman–Crippen LogP) is -15.6. The first-order chi connectivity index (χ1) is 36.2. The van der Waals surface area contributed by atoms with Gasteiger partial charge in [0.2, 0.25) is 0 Å². The number of rotatable bonds is 28. The third-order valence-electron chi connectivity index (χ3n) is 9.41. The number of carbonyl (C=O) groups is 3. The first kappa shape index (κ1) is 80.6. The highest BCUT2D eigenvalue weighted by atomic mass is 31.2. The molecule has 0 aromatic carbocycles. The normalized spacial score (nSPS) is 29.1. The molecule has 0 amide bonds. The number of carbonyl (C=O) groups excluding carboxylic acids is 3. The van der Waals surface area contributed by atoms with Crippen LogP contribution in [0.5, 0.6) is 0 Å². The maximum Gasteiger partial charge on any atom is 0.530 e. The van der Waals surface area contributed by atoms with Crippen molar-refractivity contribution in [2.24, 2.45) is 0 Å². The van der Waals surface area contributed by atoms with Crippen molar-refractivity contribution >= 4 is 57.7 Å². The average Bonchev–Trinajstić information content (AvgIpc) is 3.36. The highest BCUT2D eigenvalue weighted by Crippen LogP contribution is 2.46.